The van der Waals surface area contributed by atoms with Gasteiger partial charge >= 0.3 is 5.97 Å². The highest BCUT2D eigenvalue weighted by molar-refractivity contribution is 5.71. The van der Waals surface area contributed by atoms with E-state index in [1.54, 1.807) is 6.20 Å². The topological polar surface area (TPSA) is 73.2 Å². The summed E-state index contributed by atoms with van der Waals surface area (Å²) in [5, 5.41) is 3.10. The highest BCUT2D eigenvalue weighted by Gasteiger charge is 2.15. The molecule has 0 unspecified atom stereocenters. The Balaban J connectivity index is 1.57. The molecule has 32 heavy (non-hydrogen) atoms. The number of ether oxygens (including phenoxy) is 1. The third-order valence-corrected chi connectivity index (χ3v) is 5.16. The van der Waals surface area contributed by atoms with E-state index in [0.717, 1.165) is 22.3 Å². The number of nitrogens with one attached hydrogen (secondary N) is 1. The molecule has 1 heterocycles. The minimum Gasteiger partial charge on any atom is -0.468 e. The summed E-state index contributed by atoms with van der Waals surface area (Å²) in [4.78, 5) is 29.4. The molecular weight excluding hydrogens is 402 g/mol. The molecule has 4 rings (SSSR count). The molecule has 0 amide bonds. The van der Waals surface area contributed by atoms with Crippen LogP contribution in [-0.2, 0) is 22.6 Å². The molecule has 3 aromatic carbocycles. The molecule has 0 bridgehead atoms. The molecule has 6 nitrogen and oxygen atoms in total. The van der Waals surface area contributed by atoms with Crippen LogP contribution in [0.15, 0.2) is 95.9 Å². The number of carbonyl (C=O) groups is 1. The number of hydrogen-bond donors (Lipinski definition) is 1. The largest absolute Gasteiger partial charge is 0.468 e. The fraction of sp³-hybridized carbons (Fsp3) is 0.115. The van der Waals surface area contributed by atoms with E-state index in [1.807, 2.05) is 72.8 Å². The molecule has 0 radical (unpaired) electrons. The average molecular weight is 425 g/mol. The first-order chi connectivity index (χ1) is 15.7. The van der Waals surface area contributed by atoms with Crippen molar-refractivity contribution in [2.75, 3.05) is 12.4 Å². The third kappa shape index (κ3) is 4.75. The number of esters is 1. The van der Waals surface area contributed by atoms with Crippen molar-refractivity contribution in [1.29, 1.82) is 0 Å². The molecule has 0 saturated carbocycles. The molecule has 0 saturated heterocycles. The maximum Gasteiger partial charge on any atom is 0.325 e. The average Bonchev–Trinajstić information content (AvgIpc) is 2.86. The fourth-order valence-electron chi connectivity index (χ4n) is 3.43. The summed E-state index contributed by atoms with van der Waals surface area (Å²) in [6, 6.07) is 27.6. The van der Waals surface area contributed by atoms with Crippen LogP contribution in [-0.4, -0.2) is 22.6 Å². The maximum absolute atomic E-state index is 13.1. The first kappa shape index (κ1) is 21.1. The second-order valence-electron chi connectivity index (χ2n) is 7.24. The van der Waals surface area contributed by atoms with Crippen molar-refractivity contribution in [2.24, 2.45) is 0 Å². The van der Waals surface area contributed by atoms with Crippen molar-refractivity contribution in [3.63, 3.8) is 0 Å². The maximum atomic E-state index is 13.1. The Hall–Kier alpha value is -4.19. The molecular formula is C26H23N3O3. The second kappa shape index (κ2) is 9.75. The van der Waals surface area contributed by atoms with Gasteiger partial charge in [0.15, 0.2) is 5.82 Å². The Morgan fingerprint density at radius 2 is 1.47 bits per heavy atom. The Bertz CT molecular complexity index is 1250. The van der Waals surface area contributed by atoms with Gasteiger partial charge in [-0.1, -0.05) is 84.9 Å². The number of carbonyl (C=O) groups excluding carboxylic acids is 1. The van der Waals surface area contributed by atoms with Gasteiger partial charge in [-0.2, -0.15) is 0 Å². The van der Waals surface area contributed by atoms with Crippen LogP contribution < -0.4 is 10.9 Å². The highest BCUT2D eigenvalue weighted by Crippen LogP contribution is 2.20. The quantitative estimate of drug-likeness (QED) is 0.445. The van der Waals surface area contributed by atoms with E-state index < -0.39 is 5.97 Å². The van der Waals surface area contributed by atoms with E-state index in [1.165, 1.54) is 11.7 Å². The SMILES string of the molecule is COC(=O)Cn1c(-c2ccccc2)cnc(NCc2ccc(-c3ccccc3)cc2)c1=O. The smallest absolute Gasteiger partial charge is 0.325 e. The lowest BCUT2D eigenvalue weighted by Gasteiger charge is -2.14. The van der Waals surface area contributed by atoms with Gasteiger partial charge in [0.05, 0.1) is 19.0 Å². The lowest BCUT2D eigenvalue weighted by Crippen LogP contribution is -2.29. The van der Waals surface area contributed by atoms with E-state index in [9.17, 15) is 9.59 Å². The standard InChI is InChI=1S/C26H23N3O3/c1-32-24(30)18-29-23(22-10-6-3-7-11-22)17-28-25(26(29)31)27-16-19-12-14-21(15-13-19)20-8-4-2-5-9-20/h2-15,17H,16,18H2,1H3,(H,27,28). The lowest BCUT2D eigenvalue weighted by atomic mass is 10.0. The van der Waals surface area contributed by atoms with Gasteiger partial charge in [0, 0.05) is 6.54 Å². The van der Waals surface area contributed by atoms with Crippen molar-refractivity contribution in [1.82, 2.24) is 9.55 Å². The number of aromatic nitrogens is 2. The Morgan fingerprint density at radius 3 is 2.09 bits per heavy atom. The third-order valence-electron chi connectivity index (χ3n) is 5.16. The number of rotatable bonds is 7. The van der Waals surface area contributed by atoms with Crippen molar-refractivity contribution in [2.45, 2.75) is 13.1 Å². The minimum absolute atomic E-state index is 0.181. The van der Waals surface area contributed by atoms with Crippen LogP contribution in [0.2, 0.25) is 0 Å². The van der Waals surface area contributed by atoms with Crippen molar-refractivity contribution < 1.29 is 9.53 Å². The summed E-state index contributed by atoms with van der Waals surface area (Å²) >= 11 is 0. The van der Waals surface area contributed by atoms with Crippen LogP contribution in [0, 0.1) is 0 Å². The lowest BCUT2D eigenvalue weighted by molar-refractivity contribution is -0.141. The molecule has 160 valence electrons. The van der Waals surface area contributed by atoms with E-state index in [0.29, 0.717) is 12.2 Å². The van der Waals surface area contributed by atoms with E-state index in [-0.39, 0.29) is 17.9 Å². The minimum atomic E-state index is -0.502. The summed E-state index contributed by atoms with van der Waals surface area (Å²) in [5.74, 6) is -0.321. The zero-order valence-corrected chi connectivity index (χ0v) is 17.7. The number of benzene rings is 3. The Morgan fingerprint density at radius 1 is 0.875 bits per heavy atom. The van der Waals surface area contributed by atoms with Crippen LogP contribution in [0.3, 0.4) is 0 Å². The van der Waals surface area contributed by atoms with Crippen molar-refractivity contribution >= 4 is 11.8 Å². The van der Waals surface area contributed by atoms with E-state index in [2.05, 4.69) is 22.4 Å². The van der Waals surface area contributed by atoms with Gasteiger partial charge in [0.2, 0.25) is 0 Å². The molecule has 0 aliphatic carbocycles. The monoisotopic (exact) mass is 425 g/mol. The Kier molecular flexibility index (Phi) is 6.41. The van der Waals surface area contributed by atoms with Gasteiger partial charge in [-0.25, -0.2) is 4.98 Å². The van der Waals surface area contributed by atoms with Crippen molar-refractivity contribution in [3.8, 4) is 22.4 Å². The number of methoxy groups -OCH3 is 1. The van der Waals surface area contributed by atoms with Gasteiger partial charge in [-0.3, -0.25) is 14.2 Å². The van der Waals surface area contributed by atoms with Crippen LogP contribution in [0.5, 0.6) is 0 Å². The molecule has 0 atom stereocenters. The summed E-state index contributed by atoms with van der Waals surface area (Å²) < 4.78 is 6.16. The molecule has 1 N–H and O–H groups in total. The van der Waals surface area contributed by atoms with E-state index >= 15 is 0 Å². The first-order valence-electron chi connectivity index (χ1n) is 10.3. The zero-order chi connectivity index (χ0) is 22.3. The van der Waals surface area contributed by atoms with Crippen LogP contribution >= 0.6 is 0 Å². The zero-order valence-electron chi connectivity index (χ0n) is 17.7. The first-order valence-corrected chi connectivity index (χ1v) is 10.3. The van der Waals surface area contributed by atoms with Gasteiger partial charge in [-0.15, -0.1) is 0 Å². The molecule has 4 aromatic rings. The second-order valence-corrected chi connectivity index (χ2v) is 7.24. The van der Waals surface area contributed by atoms with Crippen LogP contribution in [0.1, 0.15) is 5.56 Å². The predicted octanol–water partition coefficient (Wildman–Crippen LogP) is 4.36. The van der Waals surface area contributed by atoms with Crippen LogP contribution in [0.4, 0.5) is 5.82 Å². The van der Waals surface area contributed by atoms with E-state index in [4.69, 9.17) is 4.74 Å². The van der Waals surface area contributed by atoms with Crippen LogP contribution in [0.25, 0.3) is 22.4 Å². The molecule has 0 fully saturated rings. The number of hydrogen-bond acceptors (Lipinski definition) is 5. The fourth-order valence-corrected chi connectivity index (χ4v) is 3.43. The molecule has 0 aliphatic heterocycles. The van der Waals surface area contributed by atoms with Gasteiger partial charge in [-0.05, 0) is 22.3 Å². The molecule has 1 aromatic heterocycles. The van der Waals surface area contributed by atoms with Gasteiger partial charge in [0.1, 0.15) is 6.54 Å². The molecule has 0 spiro atoms. The summed E-state index contributed by atoms with van der Waals surface area (Å²) in [5.41, 5.74) is 4.26. The number of anilines is 1. The van der Waals surface area contributed by atoms with Crippen molar-refractivity contribution in [3.05, 3.63) is 107 Å². The summed E-state index contributed by atoms with van der Waals surface area (Å²) in [6.07, 6.45) is 1.60. The molecule has 0 aliphatic rings. The van der Waals surface area contributed by atoms with Gasteiger partial charge in [0.25, 0.3) is 5.56 Å². The summed E-state index contributed by atoms with van der Waals surface area (Å²) in [7, 11) is 1.30. The Labute approximate surface area is 186 Å². The normalized spacial score (nSPS) is 10.5. The summed E-state index contributed by atoms with van der Waals surface area (Å²) in [6.45, 7) is 0.239. The number of nitrogens with zero attached hydrogens (tertiary/aromatic N) is 2. The predicted molar refractivity (Wildman–Crippen MR) is 125 cm³/mol. The highest BCUT2D eigenvalue weighted by atomic mass is 16.5. The van der Waals surface area contributed by atoms with Gasteiger partial charge < -0.3 is 10.1 Å². The molecule has 6 heteroatoms.